The molecule has 0 atom stereocenters. The zero-order valence-corrected chi connectivity index (χ0v) is 13.1. The van der Waals surface area contributed by atoms with Crippen LogP contribution in [0.1, 0.15) is 57.3 Å². The molecule has 2 aromatic rings. The first kappa shape index (κ1) is 15.5. The Morgan fingerprint density at radius 2 is 2.14 bits per heavy atom. The Labute approximate surface area is 125 Å². The molecule has 0 aliphatic heterocycles. The Morgan fingerprint density at radius 3 is 2.76 bits per heavy atom. The maximum Gasteiger partial charge on any atom is 0.303 e. The topological polar surface area (TPSA) is 55.1 Å². The summed E-state index contributed by atoms with van der Waals surface area (Å²) in [6.07, 6.45) is 2.82. The van der Waals surface area contributed by atoms with E-state index in [2.05, 4.69) is 48.5 Å². The molecule has 21 heavy (non-hydrogen) atoms. The van der Waals surface area contributed by atoms with Gasteiger partial charge in [-0.05, 0) is 30.0 Å². The second-order valence-electron chi connectivity index (χ2n) is 5.83. The molecular formula is C17H24N2O2. The third-order valence-corrected chi connectivity index (χ3v) is 3.82. The predicted octanol–water partition coefficient (Wildman–Crippen LogP) is 3.98. The third kappa shape index (κ3) is 3.63. The average molecular weight is 288 g/mol. The molecule has 0 unspecified atom stereocenters. The number of aliphatic carboxylic acids is 1. The van der Waals surface area contributed by atoms with Crippen molar-refractivity contribution in [3.8, 4) is 0 Å². The summed E-state index contributed by atoms with van der Waals surface area (Å²) in [6, 6.07) is 6.41. The van der Waals surface area contributed by atoms with E-state index in [0.29, 0.717) is 12.3 Å². The Hall–Kier alpha value is -1.84. The van der Waals surface area contributed by atoms with E-state index in [1.165, 1.54) is 5.56 Å². The van der Waals surface area contributed by atoms with E-state index in [1.807, 2.05) is 0 Å². The molecule has 0 saturated heterocycles. The zero-order valence-electron chi connectivity index (χ0n) is 13.1. The van der Waals surface area contributed by atoms with Gasteiger partial charge in [-0.2, -0.15) is 0 Å². The number of carboxylic acids is 1. The Bertz CT molecular complexity index is 629. The second-order valence-corrected chi connectivity index (χ2v) is 5.83. The van der Waals surface area contributed by atoms with Crippen LogP contribution in [0.5, 0.6) is 0 Å². The van der Waals surface area contributed by atoms with Gasteiger partial charge in [-0.15, -0.1) is 0 Å². The molecule has 0 aliphatic rings. The average Bonchev–Trinajstić information content (AvgIpc) is 2.79. The summed E-state index contributed by atoms with van der Waals surface area (Å²) in [7, 11) is 0. The lowest BCUT2D eigenvalue weighted by molar-refractivity contribution is -0.137. The van der Waals surface area contributed by atoms with Crippen LogP contribution in [0.4, 0.5) is 0 Å². The molecule has 0 aliphatic carbocycles. The van der Waals surface area contributed by atoms with Gasteiger partial charge in [0.1, 0.15) is 5.82 Å². The SMILES string of the molecule is CCCCn1c(CCC(=O)O)nc2cc(C(C)C)ccc21. The molecule has 1 aromatic heterocycles. The van der Waals surface area contributed by atoms with Gasteiger partial charge in [0.15, 0.2) is 0 Å². The Morgan fingerprint density at radius 1 is 1.38 bits per heavy atom. The van der Waals surface area contributed by atoms with Gasteiger partial charge in [0, 0.05) is 13.0 Å². The van der Waals surface area contributed by atoms with Crippen LogP contribution in [0.3, 0.4) is 0 Å². The normalized spacial score (nSPS) is 11.4. The predicted molar refractivity (Wildman–Crippen MR) is 84.7 cm³/mol. The van der Waals surface area contributed by atoms with E-state index < -0.39 is 5.97 Å². The Balaban J connectivity index is 2.41. The number of aromatic nitrogens is 2. The molecule has 1 aromatic carbocycles. The highest BCUT2D eigenvalue weighted by Gasteiger charge is 2.13. The molecule has 0 spiro atoms. The number of imidazole rings is 1. The van der Waals surface area contributed by atoms with Crippen molar-refractivity contribution in [3.63, 3.8) is 0 Å². The van der Waals surface area contributed by atoms with Crippen molar-refractivity contribution in [1.82, 2.24) is 9.55 Å². The molecule has 1 N–H and O–H groups in total. The molecule has 0 bridgehead atoms. The molecule has 1 heterocycles. The van der Waals surface area contributed by atoms with Crippen molar-refractivity contribution in [2.24, 2.45) is 0 Å². The van der Waals surface area contributed by atoms with Gasteiger partial charge in [-0.25, -0.2) is 4.98 Å². The smallest absolute Gasteiger partial charge is 0.303 e. The first-order valence-electron chi connectivity index (χ1n) is 7.73. The van der Waals surface area contributed by atoms with Crippen molar-refractivity contribution < 1.29 is 9.90 Å². The summed E-state index contributed by atoms with van der Waals surface area (Å²) < 4.78 is 2.19. The van der Waals surface area contributed by atoms with Crippen LogP contribution in [-0.4, -0.2) is 20.6 Å². The summed E-state index contributed by atoms with van der Waals surface area (Å²) in [5, 5.41) is 8.90. The minimum absolute atomic E-state index is 0.131. The monoisotopic (exact) mass is 288 g/mol. The highest BCUT2D eigenvalue weighted by molar-refractivity contribution is 5.77. The fourth-order valence-electron chi connectivity index (χ4n) is 2.53. The van der Waals surface area contributed by atoms with E-state index in [0.717, 1.165) is 36.2 Å². The number of carboxylic acid groups (broad SMARTS) is 1. The van der Waals surface area contributed by atoms with Gasteiger partial charge >= 0.3 is 5.97 Å². The molecule has 4 nitrogen and oxygen atoms in total. The Kier molecular flexibility index (Phi) is 4.99. The lowest BCUT2D eigenvalue weighted by Crippen LogP contribution is -2.06. The molecule has 4 heteroatoms. The van der Waals surface area contributed by atoms with Crippen LogP contribution >= 0.6 is 0 Å². The lowest BCUT2D eigenvalue weighted by atomic mass is 10.0. The second kappa shape index (κ2) is 6.74. The summed E-state index contributed by atoms with van der Waals surface area (Å²) >= 11 is 0. The van der Waals surface area contributed by atoms with Crippen LogP contribution in [-0.2, 0) is 17.8 Å². The van der Waals surface area contributed by atoms with Crippen LogP contribution in [0.25, 0.3) is 11.0 Å². The molecule has 0 amide bonds. The number of hydrogen-bond acceptors (Lipinski definition) is 2. The first-order valence-corrected chi connectivity index (χ1v) is 7.73. The fourth-order valence-corrected chi connectivity index (χ4v) is 2.53. The molecule has 0 saturated carbocycles. The minimum atomic E-state index is -0.771. The van der Waals surface area contributed by atoms with Gasteiger partial charge in [0.05, 0.1) is 17.5 Å². The van der Waals surface area contributed by atoms with Crippen molar-refractivity contribution in [2.75, 3.05) is 0 Å². The maximum absolute atomic E-state index is 10.8. The lowest BCUT2D eigenvalue weighted by Gasteiger charge is -2.08. The fraction of sp³-hybridized carbons (Fsp3) is 0.529. The van der Waals surface area contributed by atoms with Gasteiger partial charge in [-0.3, -0.25) is 4.79 Å². The molecule has 0 fully saturated rings. The van der Waals surface area contributed by atoms with Crippen molar-refractivity contribution in [3.05, 3.63) is 29.6 Å². The largest absolute Gasteiger partial charge is 0.481 e. The number of aryl methyl sites for hydroxylation is 2. The van der Waals surface area contributed by atoms with E-state index in [9.17, 15) is 4.79 Å². The van der Waals surface area contributed by atoms with Crippen LogP contribution in [0.2, 0.25) is 0 Å². The number of unbranched alkanes of at least 4 members (excludes halogenated alkanes) is 1. The molecule has 114 valence electrons. The number of carbonyl (C=O) groups is 1. The highest BCUT2D eigenvalue weighted by Crippen LogP contribution is 2.23. The standard InChI is InChI=1S/C17H24N2O2/c1-4-5-10-19-15-7-6-13(12(2)3)11-14(15)18-16(19)8-9-17(20)21/h6-7,11-12H,4-5,8-10H2,1-3H3,(H,20,21). The van der Waals surface area contributed by atoms with Gasteiger partial charge in [0.25, 0.3) is 0 Å². The summed E-state index contributed by atoms with van der Waals surface area (Å²) in [5.74, 6) is 0.589. The maximum atomic E-state index is 10.8. The van der Waals surface area contributed by atoms with Crippen molar-refractivity contribution in [1.29, 1.82) is 0 Å². The van der Waals surface area contributed by atoms with Crippen molar-refractivity contribution >= 4 is 17.0 Å². The van der Waals surface area contributed by atoms with E-state index in [1.54, 1.807) is 0 Å². The highest BCUT2D eigenvalue weighted by atomic mass is 16.4. The summed E-state index contributed by atoms with van der Waals surface area (Å²) in [5.41, 5.74) is 3.37. The van der Waals surface area contributed by atoms with Gasteiger partial charge in [-0.1, -0.05) is 33.3 Å². The van der Waals surface area contributed by atoms with Crippen molar-refractivity contribution in [2.45, 2.75) is 58.9 Å². The number of fused-ring (bicyclic) bond motifs is 1. The van der Waals surface area contributed by atoms with Gasteiger partial charge in [0.2, 0.25) is 0 Å². The number of hydrogen-bond donors (Lipinski definition) is 1. The quantitative estimate of drug-likeness (QED) is 0.838. The van der Waals surface area contributed by atoms with Crippen LogP contribution < -0.4 is 0 Å². The van der Waals surface area contributed by atoms with E-state index >= 15 is 0 Å². The van der Waals surface area contributed by atoms with Gasteiger partial charge < -0.3 is 9.67 Å². The third-order valence-electron chi connectivity index (χ3n) is 3.82. The van der Waals surface area contributed by atoms with Crippen LogP contribution in [0, 0.1) is 0 Å². The molecular weight excluding hydrogens is 264 g/mol. The minimum Gasteiger partial charge on any atom is -0.481 e. The number of rotatable bonds is 7. The van der Waals surface area contributed by atoms with Crippen LogP contribution in [0.15, 0.2) is 18.2 Å². The zero-order chi connectivity index (χ0) is 15.4. The summed E-state index contributed by atoms with van der Waals surface area (Å²) in [4.78, 5) is 15.5. The number of benzene rings is 1. The molecule has 0 radical (unpaired) electrons. The number of nitrogens with zero attached hydrogens (tertiary/aromatic N) is 2. The molecule has 2 rings (SSSR count). The van der Waals surface area contributed by atoms with E-state index in [-0.39, 0.29) is 6.42 Å². The van der Waals surface area contributed by atoms with E-state index in [4.69, 9.17) is 5.11 Å². The first-order chi connectivity index (χ1) is 10.0. The summed E-state index contributed by atoms with van der Waals surface area (Å²) in [6.45, 7) is 7.40.